The van der Waals surface area contributed by atoms with Gasteiger partial charge >= 0.3 is 0 Å². The van der Waals surface area contributed by atoms with E-state index in [-0.39, 0.29) is 11.9 Å². The molecule has 0 radical (unpaired) electrons. The largest absolute Gasteiger partial charge is 0.290 e. The Labute approximate surface area is 175 Å². The standard InChI is InChI=1S/C20H14ClN7O2/c21-15-5-7-16(8-6-15)28-20(25-18(30)14-4-2-10-23-12-14)26-19(27-28)24-17(29)13-3-1-9-22-11-13/h1-12H,(H2,24,25,26,27,29,30). The fourth-order valence-corrected chi connectivity index (χ4v) is 2.68. The summed E-state index contributed by atoms with van der Waals surface area (Å²) in [4.78, 5) is 37.1. The van der Waals surface area contributed by atoms with Crippen LogP contribution in [-0.2, 0) is 0 Å². The van der Waals surface area contributed by atoms with Gasteiger partial charge in [0.05, 0.1) is 16.8 Å². The van der Waals surface area contributed by atoms with Crippen molar-refractivity contribution in [3.8, 4) is 5.69 Å². The van der Waals surface area contributed by atoms with Gasteiger partial charge in [0, 0.05) is 29.8 Å². The molecule has 0 bridgehead atoms. The lowest BCUT2D eigenvalue weighted by Gasteiger charge is -2.07. The molecule has 0 atom stereocenters. The SMILES string of the molecule is O=C(Nc1nc(NC(=O)c2cccnc2)n(-c2ccc(Cl)cc2)n1)c1cccnc1. The summed E-state index contributed by atoms with van der Waals surface area (Å²) in [5.41, 5.74) is 1.29. The number of nitrogens with zero attached hydrogens (tertiary/aromatic N) is 5. The summed E-state index contributed by atoms with van der Waals surface area (Å²) < 4.78 is 1.39. The fourth-order valence-electron chi connectivity index (χ4n) is 2.55. The summed E-state index contributed by atoms with van der Waals surface area (Å²) in [6.45, 7) is 0. The first-order valence-corrected chi connectivity index (χ1v) is 9.14. The van der Waals surface area contributed by atoms with E-state index in [1.807, 2.05) is 0 Å². The first-order chi connectivity index (χ1) is 14.6. The van der Waals surface area contributed by atoms with Gasteiger partial charge in [-0.3, -0.25) is 30.2 Å². The molecule has 0 saturated carbocycles. The molecule has 0 spiro atoms. The van der Waals surface area contributed by atoms with Crippen LogP contribution in [0.25, 0.3) is 5.69 Å². The highest BCUT2D eigenvalue weighted by atomic mass is 35.5. The summed E-state index contributed by atoms with van der Waals surface area (Å²) in [7, 11) is 0. The molecule has 0 unspecified atom stereocenters. The van der Waals surface area contributed by atoms with Crippen molar-refractivity contribution in [2.45, 2.75) is 0 Å². The quantitative estimate of drug-likeness (QED) is 0.513. The second-order valence-corrected chi connectivity index (χ2v) is 6.48. The molecular formula is C20H14ClN7O2. The normalized spacial score (nSPS) is 10.4. The van der Waals surface area contributed by atoms with Gasteiger partial charge < -0.3 is 0 Å². The number of anilines is 2. The highest BCUT2D eigenvalue weighted by molar-refractivity contribution is 6.30. The number of halogens is 1. The third-order valence-electron chi connectivity index (χ3n) is 3.98. The fraction of sp³-hybridized carbons (Fsp3) is 0. The van der Waals surface area contributed by atoms with Crippen LogP contribution in [0.3, 0.4) is 0 Å². The molecule has 1 aromatic carbocycles. The number of amides is 2. The molecule has 4 aromatic rings. The monoisotopic (exact) mass is 419 g/mol. The molecule has 2 N–H and O–H groups in total. The van der Waals surface area contributed by atoms with E-state index in [1.54, 1.807) is 60.9 Å². The molecule has 148 valence electrons. The minimum absolute atomic E-state index is 0.0142. The van der Waals surface area contributed by atoms with Crippen molar-refractivity contribution >= 4 is 35.3 Å². The van der Waals surface area contributed by atoms with Crippen LogP contribution in [0.15, 0.2) is 73.3 Å². The summed E-state index contributed by atoms with van der Waals surface area (Å²) in [6, 6.07) is 13.3. The molecule has 0 aliphatic heterocycles. The molecule has 0 saturated heterocycles. The Balaban J connectivity index is 1.65. The van der Waals surface area contributed by atoms with E-state index in [1.165, 1.54) is 17.1 Å². The number of carbonyl (C=O) groups excluding carboxylic acids is 2. The maximum absolute atomic E-state index is 12.6. The molecule has 0 aliphatic rings. The van der Waals surface area contributed by atoms with Crippen LogP contribution in [0, 0.1) is 0 Å². The zero-order valence-electron chi connectivity index (χ0n) is 15.4. The molecule has 0 aliphatic carbocycles. The lowest BCUT2D eigenvalue weighted by atomic mass is 10.3. The number of nitrogens with one attached hydrogen (secondary N) is 2. The Morgan fingerprint density at radius 2 is 1.43 bits per heavy atom. The average molecular weight is 420 g/mol. The topological polar surface area (TPSA) is 115 Å². The van der Waals surface area contributed by atoms with Crippen molar-refractivity contribution in [1.29, 1.82) is 0 Å². The molecule has 30 heavy (non-hydrogen) atoms. The van der Waals surface area contributed by atoms with Gasteiger partial charge in [0.25, 0.3) is 17.8 Å². The van der Waals surface area contributed by atoms with E-state index in [4.69, 9.17) is 11.6 Å². The second-order valence-electron chi connectivity index (χ2n) is 6.04. The number of carbonyl (C=O) groups is 2. The van der Waals surface area contributed by atoms with Gasteiger partial charge in [-0.2, -0.15) is 9.67 Å². The first-order valence-electron chi connectivity index (χ1n) is 8.76. The van der Waals surface area contributed by atoms with Crippen LogP contribution in [0.4, 0.5) is 11.9 Å². The van der Waals surface area contributed by atoms with Crippen molar-refractivity contribution in [3.63, 3.8) is 0 Å². The Hall–Kier alpha value is -4.11. The highest BCUT2D eigenvalue weighted by Gasteiger charge is 2.17. The number of hydrogen-bond acceptors (Lipinski definition) is 6. The highest BCUT2D eigenvalue weighted by Crippen LogP contribution is 2.19. The maximum atomic E-state index is 12.6. The van der Waals surface area contributed by atoms with E-state index >= 15 is 0 Å². The van der Waals surface area contributed by atoms with Gasteiger partial charge in [0.15, 0.2) is 0 Å². The molecule has 10 heteroatoms. The summed E-state index contributed by atoms with van der Waals surface area (Å²) in [5.74, 6) is -0.717. The predicted molar refractivity (Wildman–Crippen MR) is 111 cm³/mol. The Morgan fingerprint density at radius 1 is 0.833 bits per heavy atom. The number of rotatable bonds is 5. The Kier molecular flexibility index (Phi) is 5.44. The van der Waals surface area contributed by atoms with Crippen molar-refractivity contribution in [2.24, 2.45) is 0 Å². The lowest BCUT2D eigenvalue weighted by molar-refractivity contribution is 0.101. The molecule has 4 rings (SSSR count). The predicted octanol–water partition coefficient (Wildman–Crippen LogP) is 3.22. The van der Waals surface area contributed by atoms with Gasteiger partial charge in [-0.25, -0.2) is 0 Å². The molecule has 2 amide bonds. The van der Waals surface area contributed by atoms with E-state index in [0.717, 1.165) is 0 Å². The van der Waals surface area contributed by atoms with E-state index < -0.39 is 11.8 Å². The minimum Gasteiger partial charge on any atom is -0.290 e. The van der Waals surface area contributed by atoms with Gasteiger partial charge in [-0.15, -0.1) is 5.10 Å². The van der Waals surface area contributed by atoms with Crippen LogP contribution in [-0.4, -0.2) is 36.5 Å². The van der Waals surface area contributed by atoms with E-state index in [0.29, 0.717) is 21.8 Å². The number of aromatic nitrogens is 5. The van der Waals surface area contributed by atoms with Crippen molar-refractivity contribution in [1.82, 2.24) is 24.7 Å². The van der Waals surface area contributed by atoms with Crippen LogP contribution in [0.1, 0.15) is 20.7 Å². The van der Waals surface area contributed by atoms with Gasteiger partial charge in [-0.05, 0) is 48.5 Å². The number of hydrogen-bond donors (Lipinski definition) is 2. The van der Waals surface area contributed by atoms with Crippen molar-refractivity contribution in [2.75, 3.05) is 10.6 Å². The first kappa shape index (κ1) is 19.2. The number of benzene rings is 1. The summed E-state index contributed by atoms with van der Waals surface area (Å²) in [5, 5.41) is 10.1. The van der Waals surface area contributed by atoms with Crippen molar-refractivity contribution in [3.05, 3.63) is 89.5 Å². The molecular weight excluding hydrogens is 406 g/mol. The van der Waals surface area contributed by atoms with Crippen LogP contribution in [0.2, 0.25) is 5.02 Å². The molecule has 3 aromatic heterocycles. The number of pyridine rings is 2. The van der Waals surface area contributed by atoms with Gasteiger partial charge in [0.2, 0.25) is 5.95 Å². The van der Waals surface area contributed by atoms with Gasteiger partial charge in [-0.1, -0.05) is 11.6 Å². The Morgan fingerprint density at radius 3 is 2.00 bits per heavy atom. The third-order valence-corrected chi connectivity index (χ3v) is 4.23. The molecule has 0 fully saturated rings. The Bertz CT molecular complexity index is 1180. The van der Waals surface area contributed by atoms with E-state index in [9.17, 15) is 9.59 Å². The minimum atomic E-state index is -0.429. The molecule has 3 heterocycles. The van der Waals surface area contributed by atoms with Gasteiger partial charge in [0.1, 0.15) is 0 Å². The van der Waals surface area contributed by atoms with Crippen molar-refractivity contribution < 1.29 is 9.59 Å². The lowest BCUT2D eigenvalue weighted by Crippen LogP contribution is -2.16. The van der Waals surface area contributed by atoms with Crippen LogP contribution >= 0.6 is 11.6 Å². The average Bonchev–Trinajstić information content (AvgIpc) is 3.17. The van der Waals surface area contributed by atoms with E-state index in [2.05, 4.69) is 30.7 Å². The zero-order valence-corrected chi connectivity index (χ0v) is 16.1. The van der Waals surface area contributed by atoms with Crippen LogP contribution in [0.5, 0.6) is 0 Å². The second kappa shape index (κ2) is 8.50. The summed E-state index contributed by atoms with van der Waals surface area (Å²) >= 11 is 5.96. The molecule has 9 nitrogen and oxygen atoms in total. The zero-order chi connectivity index (χ0) is 20.9. The maximum Gasteiger partial charge on any atom is 0.259 e. The smallest absolute Gasteiger partial charge is 0.259 e. The summed E-state index contributed by atoms with van der Waals surface area (Å²) in [6.07, 6.45) is 6.00. The third kappa shape index (κ3) is 4.31. The van der Waals surface area contributed by atoms with Crippen LogP contribution < -0.4 is 10.6 Å².